The van der Waals surface area contributed by atoms with Crippen molar-refractivity contribution in [2.75, 3.05) is 5.32 Å². The Morgan fingerprint density at radius 1 is 1.25 bits per heavy atom. The molecule has 3 aromatic rings. The van der Waals surface area contributed by atoms with Crippen LogP contribution in [0.15, 0.2) is 36.5 Å². The Hall–Kier alpha value is -2.21. The molecule has 6 heteroatoms. The van der Waals surface area contributed by atoms with E-state index in [1.807, 2.05) is 16.8 Å². The second-order valence-corrected chi connectivity index (χ2v) is 7.25. The van der Waals surface area contributed by atoms with Crippen LogP contribution >= 0.6 is 11.3 Å². The maximum absolute atomic E-state index is 13.8. The summed E-state index contributed by atoms with van der Waals surface area (Å²) in [4.78, 5) is 13.1. The number of carbonyl (C=O) groups is 1. The number of aromatic nitrogens is 2. The molecule has 0 bridgehead atoms. The second-order valence-electron chi connectivity index (χ2n) is 6.17. The Morgan fingerprint density at radius 2 is 2.08 bits per heavy atom. The molecular formula is C18H18FN3OS. The lowest BCUT2D eigenvalue weighted by atomic mass is 9.96. The van der Waals surface area contributed by atoms with Gasteiger partial charge in [0.25, 0.3) is 5.91 Å². The average molecular weight is 343 g/mol. The van der Waals surface area contributed by atoms with Crippen molar-refractivity contribution in [2.24, 2.45) is 0 Å². The molecule has 1 aromatic carbocycles. The molecule has 0 saturated heterocycles. The number of fused-ring (bicyclic) bond motifs is 1. The topological polar surface area (TPSA) is 46.9 Å². The standard InChI is InChI=1S/C18H18FN3OS/c19-14-7-4-8-15-13(14)11-16(24-15)18(23)21-17-9-10-20-22(17)12-5-2-1-3-6-12/h4,7-12H,1-3,5-6H2,(H,21,23). The highest BCUT2D eigenvalue weighted by Crippen LogP contribution is 2.31. The zero-order valence-electron chi connectivity index (χ0n) is 13.2. The number of nitrogens with zero attached hydrogens (tertiary/aromatic N) is 2. The summed E-state index contributed by atoms with van der Waals surface area (Å²) in [6.07, 6.45) is 7.58. The van der Waals surface area contributed by atoms with E-state index in [2.05, 4.69) is 10.4 Å². The number of carbonyl (C=O) groups excluding carboxylic acids is 1. The summed E-state index contributed by atoms with van der Waals surface area (Å²) in [6.45, 7) is 0. The van der Waals surface area contributed by atoms with Crippen LogP contribution in [0.5, 0.6) is 0 Å². The molecule has 0 atom stereocenters. The van der Waals surface area contributed by atoms with Crippen LogP contribution in [0, 0.1) is 5.82 Å². The quantitative estimate of drug-likeness (QED) is 0.728. The molecule has 0 spiro atoms. The molecule has 0 radical (unpaired) electrons. The summed E-state index contributed by atoms with van der Waals surface area (Å²) in [5.74, 6) is 0.202. The number of rotatable bonds is 3. The average Bonchev–Trinajstić information content (AvgIpc) is 3.23. The molecule has 4 rings (SSSR count). The first-order chi connectivity index (χ1) is 11.7. The van der Waals surface area contributed by atoms with Crippen LogP contribution in [0.3, 0.4) is 0 Å². The van der Waals surface area contributed by atoms with Crippen molar-refractivity contribution in [1.29, 1.82) is 0 Å². The molecule has 1 amide bonds. The van der Waals surface area contributed by atoms with E-state index in [1.54, 1.807) is 18.3 Å². The summed E-state index contributed by atoms with van der Waals surface area (Å²) in [5, 5.41) is 7.82. The first kappa shape index (κ1) is 15.3. The van der Waals surface area contributed by atoms with Crippen molar-refractivity contribution in [2.45, 2.75) is 38.1 Å². The first-order valence-corrected chi connectivity index (χ1v) is 9.07. The molecule has 2 heterocycles. The van der Waals surface area contributed by atoms with Crippen LogP contribution in [0.25, 0.3) is 10.1 Å². The fourth-order valence-electron chi connectivity index (χ4n) is 3.35. The van der Waals surface area contributed by atoms with Gasteiger partial charge in [0.15, 0.2) is 0 Å². The number of nitrogens with one attached hydrogen (secondary N) is 1. The number of amides is 1. The van der Waals surface area contributed by atoms with Gasteiger partial charge in [0, 0.05) is 16.2 Å². The number of thiophene rings is 1. The fourth-order valence-corrected chi connectivity index (χ4v) is 4.32. The predicted molar refractivity (Wildman–Crippen MR) is 94.1 cm³/mol. The summed E-state index contributed by atoms with van der Waals surface area (Å²) in [6, 6.07) is 8.69. The van der Waals surface area contributed by atoms with Gasteiger partial charge in [0.1, 0.15) is 11.6 Å². The molecule has 1 fully saturated rings. The minimum Gasteiger partial charge on any atom is -0.306 e. The maximum atomic E-state index is 13.8. The molecule has 24 heavy (non-hydrogen) atoms. The van der Waals surface area contributed by atoms with E-state index in [1.165, 1.54) is 36.7 Å². The molecule has 1 aliphatic carbocycles. The molecule has 0 unspecified atom stereocenters. The molecule has 124 valence electrons. The lowest BCUT2D eigenvalue weighted by Gasteiger charge is -2.23. The van der Waals surface area contributed by atoms with Gasteiger partial charge in [0.2, 0.25) is 0 Å². The van der Waals surface area contributed by atoms with Crippen molar-refractivity contribution in [1.82, 2.24) is 9.78 Å². The summed E-state index contributed by atoms with van der Waals surface area (Å²) in [5.41, 5.74) is 0. The molecule has 1 N–H and O–H groups in total. The minimum absolute atomic E-state index is 0.215. The van der Waals surface area contributed by atoms with E-state index in [4.69, 9.17) is 0 Å². The van der Waals surface area contributed by atoms with E-state index in [-0.39, 0.29) is 11.7 Å². The van der Waals surface area contributed by atoms with Crippen LogP contribution in [0.2, 0.25) is 0 Å². The van der Waals surface area contributed by atoms with Crippen LogP contribution in [-0.4, -0.2) is 15.7 Å². The van der Waals surface area contributed by atoms with Gasteiger partial charge in [-0.2, -0.15) is 5.10 Å². The van der Waals surface area contributed by atoms with Gasteiger partial charge >= 0.3 is 0 Å². The molecule has 1 aliphatic rings. The van der Waals surface area contributed by atoms with Gasteiger partial charge in [-0.1, -0.05) is 25.3 Å². The largest absolute Gasteiger partial charge is 0.306 e. The Kier molecular flexibility index (Phi) is 4.06. The molecule has 2 aromatic heterocycles. The summed E-state index contributed by atoms with van der Waals surface area (Å²) < 4.78 is 16.5. The first-order valence-electron chi connectivity index (χ1n) is 8.25. The second kappa shape index (κ2) is 6.36. The van der Waals surface area contributed by atoms with E-state index >= 15 is 0 Å². The van der Waals surface area contributed by atoms with Crippen molar-refractivity contribution in [3.63, 3.8) is 0 Å². The molecule has 1 saturated carbocycles. The smallest absolute Gasteiger partial charge is 0.266 e. The normalized spacial score (nSPS) is 15.7. The lowest BCUT2D eigenvalue weighted by molar-refractivity contribution is 0.102. The number of anilines is 1. The number of halogens is 1. The lowest BCUT2D eigenvalue weighted by Crippen LogP contribution is -2.19. The zero-order valence-corrected chi connectivity index (χ0v) is 14.0. The fraction of sp³-hybridized carbons (Fsp3) is 0.333. The van der Waals surface area contributed by atoms with E-state index in [0.29, 0.717) is 22.1 Å². The van der Waals surface area contributed by atoms with Gasteiger partial charge in [-0.25, -0.2) is 9.07 Å². The van der Waals surface area contributed by atoms with Crippen LogP contribution in [-0.2, 0) is 0 Å². The number of hydrogen-bond acceptors (Lipinski definition) is 3. The zero-order chi connectivity index (χ0) is 16.5. The van der Waals surface area contributed by atoms with Crippen molar-refractivity contribution in [3.8, 4) is 0 Å². The Morgan fingerprint density at radius 3 is 2.88 bits per heavy atom. The third-order valence-electron chi connectivity index (χ3n) is 4.56. The van der Waals surface area contributed by atoms with Gasteiger partial charge in [-0.05, 0) is 31.0 Å². The van der Waals surface area contributed by atoms with Crippen molar-refractivity contribution >= 4 is 33.1 Å². The Balaban J connectivity index is 1.57. The summed E-state index contributed by atoms with van der Waals surface area (Å²) in [7, 11) is 0. The number of benzene rings is 1. The van der Waals surface area contributed by atoms with E-state index in [0.717, 1.165) is 17.5 Å². The SMILES string of the molecule is O=C(Nc1ccnn1C1CCCCC1)c1cc2c(F)cccc2s1. The van der Waals surface area contributed by atoms with Crippen LogP contribution in [0.4, 0.5) is 10.2 Å². The molecule has 0 aliphatic heterocycles. The van der Waals surface area contributed by atoms with Gasteiger partial charge in [0.05, 0.1) is 17.1 Å². The summed E-state index contributed by atoms with van der Waals surface area (Å²) >= 11 is 1.30. The predicted octanol–water partition coefficient (Wildman–Crippen LogP) is 4.99. The van der Waals surface area contributed by atoms with E-state index in [9.17, 15) is 9.18 Å². The molecular weight excluding hydrogens is 325 g/mol. The van der Waals surface area contributed by atoms with Crippen molar-refractivity contribution < 1.29 is 9.18 Å². The van der Waals surface area contributed by atoms with Gasteiger partial charge < -0.3 is 5.32 Å². The Bertz CT molecular complexity index is 879. The van der Waals surface area contributed by atoms with Crippen molar-refractivity contribution in [3.05, 3.63) is 47.2 Å². The van der Waals surface area contributed by atoms with Crippen LogP contribution in [0.1, 0.15) is 47.8 Å². The highest BCUT2D eigenvalue weighted by Gasteiger charge is 2.20. The Labute approximate surface area is 143 Å². The highest BCUT2D eigenvalue weighted by atomic mass is 32.1. The monoisotopic (exact) mass is 343 g/mol. The van der Waals surface area contributed by atoms with Crippen LogP contribution < -0.4 is 5.32 Å². The number of hydrogen-bond donors (Lipinski definition) is 1. The van der Waals surface area contributed by atoms with E-state index < -0.39 is 0 Å². The third kappa shape index (κ3) is 2.82. The highest BCUT2D eigenvalue weighted by molar-refractivity contribution is 7.20. The third-order valence-corrected chi connectivity index (χ3v) is 5.66. The van der Waals surface area contributed by atoms with Gasteiger partial charge in [-0.3, -0.25) is 4.79 Å². The molecule has 4 nitrogen and oxygen atoms in total. The minimum atomic E-state index is -0.296. The van der Waals surface area contributed by atoms with Gasteiger partial charge in [-0.15, -0.1) is 11.3 Å². The maximum Gasteiger partial charge on any atom is 0.266 e.